The Morgan fingerprint density at radius 3 is 2.74 bits per heavy atom. The number of rotatable bonds is 2. The van der Waals surface area contributed by atoms with Crippen molar-refractivity contribution in [1.29, 1.82) is 0 Å². The fraction of sp³-hybridized carbons (Fsp3) is 0.0625. The summed E-state index contributed by atoms with van der Waals surface area (Å²) in [6.45, 7) is 1.89. The number of carbonyl (C=O) groups excluding carboxylic acids is 1. The Morgan fingerprint density at radius 2 is 1.89 bits per heavy atom. The zero-order valence-corrected chi connectivity index (χ0v) is 10.5. The van der Waals surface area contributed by atoms with Gasteiger partial charge in [0.1, 0.15) is 0 Å². The number of benzene rings is 1. The summed E-state index contributed by atoms with van der Waals surface area (Å²) in [5, 5.41) is 0.881. The van der Waals surface area contributed by atoms with E-state index < -0.39 is 0 Å². The van der Waals surface area contributed by atoms with Crippen molar-refractivity contribution in [3.63, 3.8) is 0 Å². The zero-order chi connectivity index (χ0) is 13.2. The Balaban J connectivity index is 2.20. The third-order valence-corrected chi connectivity index (χ3v) is 3.16. The molecule has 0 fully saturated rings. The van der Waals surface area contributed by atoms with E-state index in [9.17, 15) is 4.79 Å². The van der Waals surface area contributed by atoms with Crippen LogP contribution in [0.4, 0.5) is 0 Å². The summed E-state index contributed by atoms with van der Waals surface area (Å²) >= 11 is 0. The number of aromatic nitrogens is 2. The molecule has 0 spiro atoms. The highest BCUT2D eigenvalue weighted by molar-refractivity contribution is 6.16. The van der Waals surface area contributed by atoms with Gasteiger partial charge in [0.2, 0.25) is 0 Å². The quantitative estimate of drug-likeness (QED) is 0.654. The molecule has 3 aromatic rings. The van der Waals surface area contributed by atoms with Crippen molar-refractivity contribution in [3.8, 4) is 0 Å². The molecule has 0 radical (unpaired) electrons. The minimum atomic E-state index is 0.0125. The average molecular weight is 248 g/mol. The van der Waals surface area contributed by atoms with Crippen LogP contribution in [0, 0.1) is 6.92 Å². The van der Waals surface area contributed by atoms with E-state index in [-0.39, 0.29) is 5.78 Å². The molecule has 3 nitrogen and oxygen atoms in total. The second-order valence-corrected chi connectivity index (χ2v) is 4.40. The molecule has 1 aromatic carbocycles. The average Bonchev–Trinajstić information content (AvgIpc) is 2.46. The largest absolute Gasteiger partial charge is 0.289 e. The maximum Gasteiger partial charge on any atom is 0.194 e. The molecule has 19 heavy (non-hydrogen) atoms. The van der Waals surface area contributed by atoms with E-state index in [0.717, 1.165) is 16.5 Å². The molecule has 0 aliphatic carbocycles. The maximum absolute atomic E-state index is 12.6. The molecule has 0 aliphatic heterocycles. The Kier molecular flexibility index (Phi) is 2.80. The van der Waals surface area contributed by atoms with Crippen LogP contribution >= 0.6 is 0 Å². The standard InChI is InChI=1S/C16H12N2O/c1-11-10-17-9-7-12(11)16(19)14-4-2-6-15-13(14)5-3-8-18-15/h2-10H,1H3. The van der Waals surface area contributed by atoms with Crippen LogP contribution in [0.3, 0.4) is 0 Å². The fourth-order valence-corrected chi connectivity index (χ4v) is 2.17. The summed E-state index contributed by atoms with van der Waals surface area (Å²) in [4.78, 5) is 20.9. The summed E-state index contributed by atoms with van der Waals surface area (Å²) in [5.41, 5.74) is 3.08. The van der Waals surface area contributed by atoms with Crippen LogP contribution in [0.2, 0.25) is 0 Å². The zero-order valence-electron chi connectivity index (χ0n) is 10.5. The van der Waals surface area contributed by atoms with Gasteiger partial charge in [0.15, 0.2) is 5.78 Å². The molecule has 92 valence electrons. The van der Waals surface area contributed by atoms with Gasteiger partial charge in [0.25, 0.3) is 0 Å². The van der Waals surface area contributed by atoms with Gasteiger partial charge >= 0.3 is 0 Å². The summed E-state index contributed by atoms with van der Waals surface area (Å²) < 4.78 is 0. The number of nitrogens with zero attached hydrogens (tertiary/aromatic N) is 2. The smallest absolute Gasteiger partial charge is 0.194 e. The molecule has 0 unspecified atom stereocenters. The molecule has 0 atom stereocenters. The molecule has 3 rings (SSSR count). The number of ketones is 1. The second-order valence-electron chi connectivity index (χ2n) is 4.40. The summed E-state index contributed by atoms with van der Waals surface area (Å²) in [6.07, 6.45) is 5.08. The molecular formula is C16H12N2O. The maximum atomic E-state index is 12.6. The van der Waals surface area contributed by atoms with E-state index in [4.69, 9.17) is 0 Å². The van der Waals surface area contributed by atoms with Crippen LogP contribution in [-0.4, -0.2) is 15.8 Å². The summed E-state index contributed by atoms with van der Waals surface area (Å²) in [6, 6.07) is 11.1. The number of hydrogen-bond donors (Lipinski definition) is 0. The van der Waals surface area contributed by atoms with Crippen molar-refractivity contribution < 1.29 is 4.79 Å². The van der Waals surface area contributed by atoms with Crippen molar-refractivity contribution in [2.75, 3.05) is 0 Å². The highest BCUT2D eigenvalue weighted by Gasteiger charge is 2.14. The molecule has 0 aliphatic rings. The first-order valence-corrected chi connectivity index (χ1v) is 6.06. The molecule has 0 bridgehead atoms. The van der Waals surface area contributed by atoms with Gasteiger partial charge in [-0.15, -0.1) is 0 Å². The SMILES string of the molecule is Cc1cnccc1C(=O)c1cccc2ncccc12. The van der Waals surface area contributed by atoms with Crippen molar-refractivity contribution in [2.24, 2.45) is 0 Å². The fourth-order valence-electron chi connectivity index (χ4n) is 2.17. The number of carbonyl (C=O) groups is 1. The second kappa shape index (κ2) is 4.61. The van der Waals surface area contributed by atoms with Crippen LogP contribution in [0.15, 0.2) is 55.0 Å². The Labute approximate surface area is 111 Å². The van der Waals surface area contributed by atoms with Crippen LogP contribution in [-0.2, 0) is 0 Å². The first kappa shape index (κ1) is 11.5. The lowest BCUT2D eigenvalue weighted by molar-refractivity contribution is 0.103. The molecule has 0 amide bonds. The van der Waals surface area contributed by atoms with Crippen molar-refractivity contribution in [3.05, 3.63) is 71.7 Å². The van der Waals surface area contributed by atoms with Crippen molar-refractivity contribution in [1.82, 2.24) is 9.97 Å². The van der Waals surface area contributed by atoms with Crippen molar-refractivity contribution >= 4 is 16.7 Å². The third-order valence-electron chi connectivity index (χ3n) is 3.16. The summed E-state index contributed by atoms with van der Waals surface area (Å²) in [5.74, 6) is 0.0125. The third kappa shape index (κ3) is 1.99. The molecule has 0 saturated carbocycles. The molecule has 2 aromatic heterocycles. The van der Waals surface area contributed by atoms with E-state index in [1.807, 2.05) is 37.3 Å². The van der Waals surface area contributed by atoms with Gasteiger partial charge in [0.05, 0.1) is 5.52 Å². The highest BCUT2D eigenvalue weighted by Crippen LogP contribution is 2.20. The van der Waals surface area contributed by atoms with Crippen molar-refractivity contribution in [2.45, 2.75) is 6.92 Å². The number of pyridine rings is 2. The van der Waals surface area contributed by atoms with Gasteiger partial charge in [-0.2, -0.15) is 0 Å². The minimum absolute atomic E-state index is 0.0125. The van der Waals surface area contributed by atoms with E-state index in [1.165, 1.54) is 0 Å². The van der Waals surface area contributed by atoms with Gasteiger partial charge in [-0.05, 0) is 30.7 Å². The lowest BCUT2D eigenvalue weighted by Gasteiger charge is -2.07. The van der Waals surface area contributed by atoms with Crippen LogP contribution in [0.1, 0.15) is 21.5 Å². The van der Waals surface area contributed by atoms with Gasteiger partial charge in [-0.1, -0.05) is 18.2 Å². The lowest BCUT2D eigenvalue weighted by Crippen LogP contribution is -2.05. The van der Waals surface area contributed by atoms with Gasteiger partial charge < -0.3 is 0 Å². The van der Waals surface area contributed by atoms with Gasteiger partial charge in [0, 0.05) is 35.1 Å². The predicted molar refractivity (Wildman–Crippen MR) is 74.1 cm³/mol. The topological polar surface area (TPSA) is 42.9 Å². The number of aryl methyl sites for hydroxylation is 1. The Bertz CT molecular complexity index is 760. The number of fused-ring (bicyclic) bond motifs is 1. The predicted octanol–water partition coefficient (Wildman–Crippen LogP) is 3.17. The van der Waals surface area contributed by atoms with Gasteiger partial charge in [-0.25, -0.2) is 0 Å². The molecule has 3 heteroatoms. The van der Waals surface area contributed by atoms with E-state index >= 15 is 0 Å². The molecule has 0 saturated heterocycles. The van der Waals surface area contributed by atoms with Crippen LogP contribution < -0.4 is 0 Å². The first-order valence-electron chi connectivity index (χ1n) is 6.06. The van der Waals surface area contributed by atoms with Crippen LogP contribution in [0.5, 0.6) is 0 Å². The Morgan fingerprint density at radius 1 is 1.00 bits per heavy atom. The van der Waals surface area contributed by atoms with E-state index in [1.54, 1.807) is 24.7 Å². The monoisotopic (exact) mass is 248 g/mol. The van der Waals surface area contributed by atoms with Gasteiger partial charge in [-0.3, -0.25) is 14.8 Å². The van der Waals surface area contributed by atoms with Crippen LogP contribution in [0.25, 0.3) is 10.9 Å². The van der Waals surface area contributed by atoms with E-state index in [0.29, 0.717) is 11.1 Å². The highest BCUT2D eigenvalue weighted by atomic mass is 16.1. The van der Waals surface area contributed by atoms with E-state index in [2.05, 4.69) is 9.97 Å². The molecule has 2 heterocycles. The lowest BCUT2D eigenvalue weighted by atomic mass is 9.97. The Hall–Kier alpha value is -2.55. The molecular weight excluding hydrogens is 236 g/mol. The summed E-state index contributed by atoms with van der Waals surface area (Å²) in [7, 11) is 0. The minimum Gasteiger partial charge on any atom is -0.289 e. The molecule has 0 N–H and O–H groups in total. The first-order chi connectivity index (χ1) is 9.27. The number of hydrogen-bond acceptors (Lipinski definition) is 3. The normalized spacial score (nSPS) is 10.6.